The van der Waals surface area contributed by atoms with Gasteiger partial charge in [0.2, 0.25) is 5.76 Å². The molecule has 0 unspecified atom stereocenters. The van der Waals surface area contributed by atoms with Crippen LogP contribution in [0, 0.1) is 0 Å². The Kier molecular flexibility index (Phi) is 2.66. The molecule has 0 amide bonds. The number of carboxylic acids is 1. The number of hydrogen-bond acceptors (Lipinski definition) is 4. The molecule has 0 fully saturated rings. The van der Waals surface area contributed by atoms with Crippen LogP contribution in [0.3, 0.4) is 0 Å². The quantitative estimate of drug-likeness (QED) is 0.789. The number of ketones is 1. The molecule has 86 valence electrons. The molecule has 5 heteroatoms. The maximum Gasteiger partial charge on any atom is 0.371 e. The van der Waals surface area contributed by atoms with Gasteiger partial charge in [-0.05, 0) is 24.3 Å². The van der Waals surface area contributed by atoms with Crippen molar-refractivity contribution >= 4 is 11.8 Å². The van der Waals surface area contributed by atoms with Crippen LogP contribution in [-0.4, -0.2) is 22.0 Å². The van der Waals surface area contributed by atoms with Gasteiger partial charge >= 0.3 is 5.97 Å². The van der Waals surface area contributed by atoms with Gasteiger partial charge in [-0.3, -0.25) is 4.79 Å². The van der Waals surface area contributed by atoms with Gasteiger partial charge < -0.3 is 14.6 Å². The highest BCUT2D eigenvalue weighted by Crippen LogP contribution is 2.16. The topological polar surface area (TPSA) is 87.7 Å². The molecule has 0 aliphatic rings. The average molecular weight is 232 g/mol. The molecule has 0 aliphatic carbocycles. The van der Waals surface area contributed by atoms with Crippen molar-refractivity contribution in [1.29, 1.82) is 0 Å². The molecule has 0 bridgehead atoms. The largest absolute Gasteiger partial charge is 0.508 e. The summed E-state index contributed by atoms with van der Waals surface area (Å²) in [5, 5.41) is 17.7. The lowest BCUT2D eigenvalue weighted by Gasteiger charge is -1.97. The van der Waals surface area contributed by atoms with E-state index in [0.29, 0.717) is 5.56 Å². The first-order valence-electron chi connectivity index (χ1n) is 4.73. The highest BCUT2D eigenvalue weighted by molar-refractivity contribution is 6.09. The van der Waals surface area contributed by atoms with Crippen molar-refractivity contribution in [1.82, 2.24) is 0 Å². The highest BCUT2D eigenvalue weighted by atomic mass is 16.4. The van der Waals surface area contributed by atoms with Crippen molar-refractivity contribution in [2.45, 2.75) is 0 Å². The predicted octanol–water partition coefficient (Wildman–Crippen LogP) is 1.91. The third-order valence-electron chi connectivity index (χ3n) is 2.20. The predicted molar refractivity (Wildman–Crippen MR) is 57.2 cm³/mol. The number of carbonyl (C=O) groups excluding carboxylic acids is 1. The molecule has 1 aromatic carbocycles. The molecule has 0 saturated carbocycles. The molecule has 2 aromatic rings. The van der Waals surface area contributed by atoms with E-state index in [1.54, 1.807) is 0 Å². The number of aromatic hydroxyl groups is 1. The van der Waals surface area contributed by atoms with E-state index < -0.39 is 5.97 Å². The Morgan fingerprint density at radius 2 is 1.71 bits per heavy atom. The zero-order valence-corrected chi connectivity index (χ0v) is 8.58. The number of furan rings is 1. The summed E-state index contributed by atoms with van der Waals surface area (Å²) in [6.07, 6.45) is 1.10. The van der Waals surface area contributed by atoms with Gasteiger partial charge in [-0.15, -0.1) is 0 Å². The molecule has 0 spiro atoms. The fraction of sp³-hybridized carbons (Fsp3) is 0. The maximum absolute atomic E-state index is 11.9. The van der Waals surface area contributed by atoms with Crippen molar-refractivity contribution < 1.29 is 24.2 Å². The van der Waals surface area contributed by atoms with Crippen LogP contribution >= 0.6 is 0 Å². The van der Waals surface area contributed by atoms with E-state index in [1.165, 1.54) is 24.3 Å². The number of carbonyl (C=O) groups is 2. The van der Waals surface area contributed by atoms with Gasteiger partial charge in [-0.25, -0.2) is 4.79 Å². The summed E-state index contributed by atoms with van der Waals surface area (Å²) < 4.78 is 4.72. The van der Waals surface area contributed by atoms with Crippen molar-refractivity contribution in [3.63, 3.8) is 0 Å². The summed E-state index contributed by atoms with van der Waals surface area (Å²) in [5.41, 5.74) is 0.508. The molecule has 5 nitrogen and oxygen atoms in total. The Bertz CT molecular complexity index is 565. The van der Waals surface area contributed by atoms with Gasteiger partial charge in [0, 0.05) is 11.6 Å². The van der Waals surface area contributed by atoms with Crippen LogP contribution in [0.15, 0.2) is 41.0 Å². The van der Waals surface area contributed by atoms with Crippen LogP contribution in [0.4, 0.5) is 0 Å². The minimum atomic E-state index is -1.23. The van der Waals surface area contributed by atoms with Gasteiger partial charge in [0.15, 0.2) is 5.78 Å². The molecular weight excluding hydrogens is 224 g/mol. The molecule has 0 radical (unpaired) electrons. The van der Waals surface area contributed by atoms with E-state index in [2.05, 4.69) is 0 Å². The summed E-state index contributed by atoms with van der Waals surface area (Å²) in [7, 11) is 0. The number of benzene rings is 1. The van der Waals surface area contributed by atoms with Crippen LogP contribution in [0.2, 0.25) is 0 Å². The van der Waals surface area contributed by atoms with Gasteiger partial charge in [-0.2, -0.15) is 0 Å². The molecule has 17 heavy (non-hydrogen) atoms. The van der Waals surface area contributed by atoms with Gasteiger partial charge in [0.25, 0.3) is 0 Å². The molecule has 2 N–H and O–H groups in total. The monoisotopic (exact) mass is 232 g/mol. The Hall–Kier alpha value is -2.56. The first-order chi connectivity index (χ1) is 8.08. The van der Waals surface area contributed by atoms with E-state index in [-0.39, 0.29) is 22.9 Å². The Morgan fingerprint density at radius 1 is 1.06 bits per heavy atom. The van der Waals surface area contributed by atoms with E-state index in [1.807, 2.05) is 0 Å². The fourth-order valence-electron chi connectivity index (χ4n) is 1.35. The van der Waals surface area contributed by atoms with Crippen molar-refractivity contribution in [2.24, 2.45) is 0 Å². The number of carboxylic acid groups (broad SMARTS) is 1. The Morgan fingerprint density at radius 3 is 2.24 bits per heavy atom. The van der Waals surface area contributed by atoms with Crippen LogP contribution < -0.4 is 0 Å². The first-order valence-corrected chi connectivity index (χ1v) is 4.73. The molecule has 1 aromatic heterocycles. The molecule has 0 aliphatic heterocycles. The van der Waals surface area contributed by atoms with Crippen molar-refractivity contribution in [2.75, 3.05) is 0 Å². The minimum absolute atomic E-state index is 0.0555. The molecule has 2 rings (SSSR count). The summed E-state index contributed by atoms with van der Waals surface area (Å²) in [5.74, 6) is -1.82. The number of phenols is 1. The molecule has 0 saturated heterocycles. The average Bonchev–Trinajstić information content (AvgIpc) is 2.78. The standard InChI is InChI=1S/C12H8O5/c13-9-3-1-7(2-4-9)11(14)8-5-10(12(15)16)17-6-8/h1-6,13H,(H,15,16). The van der Waals surface area contributed by atoms with Crippen molar-refractivity contribution in [3.8, 4) is 5.75 Å². The second kappa shape index (κ2) is 4.13. The molecule has 1 heterocycles. The first kappa shape index (κ1) is 10.9. The maximum atomic E-state index is 11.9. The highest BCUT2D eigenvalue weighted by Gasteiger charge is 2.15. The Labute approximate surface area is 95.9 Å². The summed E-state index contributed by atoms with van der Waals surface area (Å²) in [6, 6.07) is 6.82. The number of aromatic carboxylic acids is 1. The van der Waals surface area contributed by atoms with Crippen LogP contribution in [0.1, 0.15) is 26.5 Å². The van der Waals surface area contributed by atoms with E-state index in [0.717, 1.165) is 12.3 Å². The smallest absolute Gasteiger partial charge is 0.371 e. The number of phenolic OH excluding ortho intramolecular Hbond substituents is 1. The van der Waals surface area contributed by atoms with Crippen LogP contribution in [-0.2, 0) is 0 Å². The Balaban J connectivity index is 2.30. The van der Waals surface area contributed by atoms with Gasteiger partial charge in [0.1, 0.15) is 12.0 Å². The number of hydrogen-bond donors (Lipinski definition) is 2. The second-order valence-corrected chi connectivity index (χ2v) is 3.38. The minimum Gasteiger partial charge on any atom is -0.508 e. The van der Waals surface area contributed by atoms with Crippen molar-refractivity contribution in [3.05, 3.63) is 53.5 Å². The third-order valence-corrected chi connectivity index (χ3v) is 2.20. The zero-order chi connectivity index (χ0) is 12.4. The zero-order valence-electron chi connectivity index (χ0n) is 8.58. The van der Waals surface area contributed by atoms with Gasteiger partial charge in [0.05, 0.1) is 5.56 Å². The molecule has 0 atom stereocenters. The normalized spacial score (nSPS) is 10.1. The SMILES string of the molecule is O=C(c1ccc(O)cc1)c1coc(C(=O)O)c1. The second-order valence-electron chi connectivity index (χ2n) is 3.38. The van der Waals surface area contributed by atoms with E-state index in [4.69, 9.17) is 14.6 Å². The fourth-order valence-corrected chi connectivity index (χ4v) is 1.35. The summed E-state index contributed by atoms with van der Waals surface area (Å²) in [4.78, 5) is 22.4. The summed E-state index contributed by atoms with van der Waals surface area (Å²) in [6.45, 7) is 0. The van der Waals surface area contributed by atoms with E-state index in [9.17, 15) is 9.59 Å². The number of rotatable bonds is 3. The lowest BCUT2D eigenvalue weighted by Crippen LogP contribution is -1.99. The van der Waals surface area contributed by atoms with E-state index >= 15 is 0 Å². The molecular formula is C12H8O5. The lowest BCUT2D eigenvalue weighted by atomic mass is 10.1. The summed E-state index contributed by atoms with van der Waals surface area (Å²) >= 11 is 0. The van der Waals surface area contributed by atoms with Crippen LogP contribution in [0.25, 0.3) is 0 Å². The van der Waals surface area contributed by atoms with Crippen LogP contribution in [0.5, 0.6) is 5.75 Å². The van der Waals surface area contributed by atoms with Gasteiger partial charge in [-0.1, -0.05) is 0 Å². The third kappa shape index (κ3) is 2.17. The lowest BCUT2D eigenvalue weighted by molar-refractivity contribution is 0.0662.